The van der Waals surface area contributed by atoms with E-state index in [1.807, 2.05) is 86.7 Å². The lowest BCUT2D eigenvalue weighted by Gasteiger charge is -2.42. The smallest absolute Gasteiger partial charge is 0.409 e. The largest absolute Gasteiger partial charge is 0.495 e. The summed E-state index contributed by atoms with van der Waals surface area (Å²) < 4.78 is 35.5. The van der Waals surface area contributed by atoms with Gasteiger partial charge in [-0.25, -0.2) is 19.6 Å². The van der Waals surface area contributed by atoms with Gasteiger partial charge in [-0.1, -0.05) is 96.8 Å². The Morgan fingerprint density at radius 1 is 0.911 bits per heavy atom. The van der Waals surface area contributed by atoms with Gasteiger partial charge in [-0.05, 0) is 132 Å². The first-order valence-electron chi connectivity index (χ1n) is 34.3. The average Bonchev–Trinajstić information content (AvgIpc) is 1.58. The monoisotopic (exact) mass is 1440 g/mol. The number of unbranched alkanes of at least 4 members (excludes halogenated alkanes) is 2. The number of fused-ring (bicyclic) bond motifs is 8. The number of aliphatic hydroxyl groups is 1. The molecule has 5 aliphatic rings. The number of benzene rings is 3. The molecule has 3 fully saturated rings. The maximum Gasteiger partial charge on any atom is 0.409 e. The number of carbonyl (C=O) groups excluding carboxylic acids is 7. The molecule has 1 aromatic heterocycles. The number of thioether (sulfide) groups is 2. The van der Waals surface area contributed by atoms with Crippen LogP contribution in [0.3, 0.4) is 0 Å². The number of amides is 6. The van der Waals surface area contributed by atoms with Gasteiger partial charge in [0.05, 0.1) is 47.7 Å². The maximum absolute atomic E-state index is 14.5. The highest BCUT2D eigenvalue weighted by Crippen LogP contribution is 2.50. The second-order valence-corrected chi connectivity index (χ2v) is 29.5. The van der Waals surface area contributed by atoms with Crippen molar-refractivity contribution in [1.29, 1.82) is 0 Å². The Balaban J connectivity index is 0.732. The van der Waals surface area contributed by atoms with Gasteiger partial charge in [-0.15, -0.1) is 23.5 Å². The molecule has 6 amide bonds. The molecule has 6 heterocycles. The van der Waals surface area contributed by atoms with Crippen molar-refractivity contribution in [2.24, 2.45) is 11.8 Å². The standard InChI is InChI=1S/C76H91ClN8O14S2/c1-45-24-27-54(28-25-45)96-42-68(88)85-33-30-51(31-34-85)72(90)79-53-20-14-11-12-15-21-55-49(5)100-43-58-59(44-101-63(55)39-53)81-57-38-52(26-29-56(57)80-58)71(89)78-32-17-13-16-23-66(86)83(7)48(4)73(91)98-65-40-67(87)84(8)60-36-50(37-61(94-9)69(60)77)35-46(2)19-18-22-64(95-10)76(93)41-62(97-74(92)82-76)47(3)70-75(65,6)99-70/h11-12,14-15,18-22,24-29,36-39,47-49,51,62,64-65,70,93H,13,16-17,23,30-35,40-44H2,1-10H3,(H,78,89)(H,79,90)(H,82,92)/b12-11?,14-11?,15-12?,20-14?,21-15?,22-18+,46-19+,53-20?,53-39?,55-21?,63-39?,63-55?/t47-,48+,49?,62+,64-,65+,70+,75?,76+/m1/s1. The van der Waals surface area contributed by atoms with Crippen LogP contribution in [0.2, 0.25) is 5.02 Å². The Kier molecular flexibility index (Phi) is 25.2. The van der Waals surface area contributed by atoms with E-state index in [1.165, 1.54) is 31.1 Å². The van der Waals surface area contributed by atoms with E-state index in [9.17, 15) is 38.7 Å². The summed E-state index contributed by atoms with van der Waals surface area (Å²) in [7, 11) is 5.99. The van der Waals surface area contributed by atoms with Crippen LogP contribution >= 0.6 is 35.1 Å². The second kappa shape index (κ2) is 33.7. The van der Waals surface area contributed by atoms with Crippen molar-refractivity contribution in [3.8, 4) is 11.5 Å². The maximum atomic E-state index is 14.5. The van der Waals surface area contributed by atoms with E-state index in [1.54, 1.807) is 92.7 Å². The highest BCUT2D eigenvalue weighted by molar-refractivity contribution is 7.99. The molecular weight excluding hydrogens is 1350 g/mol. The number of likely N-dealkylation sites (tertiary alicyclic amines) is 1. The van der Waals surface area contributed by atoms with Crippen LogP contribution in [0.5, 0.6) is 11.5 Å². The number of epoxide rings is 1. The summed E-state index contributed by atoms with van der Waals surface area (Å²) >= 11 is 10.2. The van der Waals surface area contributed by atoms with E-state index in [0.29, 0.717) is 109 Å². The zero-order chi connectivity index (χ0) is 72.3. The van der Waals surface area contributed by atoms with Gasteiger partial charge in [0.25, 0.3) is 11.8 Å². The van der Waals surface area contributed by atoms with Gasteiger partial charge in [-0.3, -0.25) is 29.3 Å². The van der Waals surface area contributed by atoms with Crippen LogP contribution in [0.25, 0.3) is 11.0 Å². The van der Waals surface area contributed by atoms with Gasteiger partial charge in [0.1, 0.15) is 46.5 Å². The SMILES string of the molecule is COc1cc2cc(c1Cl)N(C)C(=O)C[C@H](OC(=O)[C@H](C)N(C)C(=O)CCCCCNC(=O)c1ccc3nc4c(nc3c1)CSc1cc(NC(=O)C3CCN(C(=O)COc5ccc(C)cc5)CC3)ccccccc1C(C)SC4)C1(C)O[C@H]1[C@H](C)[C@@H]1C[C@@](O)(NC(=O)O1)[C@H](OC)/C=C/C=C(\C)C2. The van der Waals surface area contributed by atoms with Crippen LogP contribution in [0.15, 0.2) is 126 Å². The normalized spacial score (nSPS) is 24.3. The molecule has 0 saturated carbocycles. The van der Waals surface area contributed by atoms with E-state index < -0.39 is 65.7 Å². The number of halogens is 1. The Hall–Kier alpha value is -8.26. The van der Waals surface area contributed by atoms with E-state index in [0.717, 1.165) is 38.5 Å². The molecule has 538 valence electrons. The fraction of sp³-hybridized carbons (Fsp3) is 0.461. The van der Waals surface area contributed by atoms with Gasteiger partial charge in [0, 0.05) is 98.4 Å². The fourth-order valence-electron chi connectivity index (χ4n) is 13.1. The molecule has 22 nitrogen and oxygen atoms in total. The molecule has 9 atom stereocenters. The third kappa shape index (κ3) is 18.7. The van der Waals surface area contributed by atoms with Crippen LogP contribution in [0.4, 0.5) is 16.2 Å². The molecule has 2 unspecified atom stereocenters. The fourth-order valence-corrected chi connectivity index (χ4v) is 15.6. The minimum absolute atomic E-state index is 0.0535. The van der Waals surface area contributed by atoms with Crippen LogP contribution in [0.1, 0.15) is 130 Å². The van der Waals surface area contributed by atoms with Crippen molar-refractivity contribution in [2.45, 2.75) is 163 Å². The van der Waals surface area contributed by atoms with E-state index in [-0.39, 0.29) is 65.7 Å². The average molecular weight is 1440 g/mol. The number of aryl methyl sites for hydroxylation is 1. The van der Waals surface area contributed by atoms with Crippen molar-refractivity contribution in [3.63, 3.8) is 0 Å². The zero-order valence-electron chi connectivity index (χ0n) is 58.9. The highest BCUT2D eigenvalue weighted by atomic mass is 35.5. The molecule has 101 heavy (non-hydrogen) atoms. The topological polar surface area (TPSA) is 270 Å². The number of esters is 1. The van der Waals surface area contributed by atoms with Crippen molar-refractivity contribution in [3.05, 3.63) is 160 Å². The zero-order valence-corrected chi connectivity index (χ0v) is 61.3. The summed E-state index contributed by atoms with van der Waals surface area (Å²) in [6.07, 6.45) is 3.31. The molecule has 4 bridgehead atoms. The molecule has 3 saturated heterocycles. The molecule has 0 aliphatic carbocycles. The molecule has 0 spiro atoms. The van der Waals surface area contributed by atoms with Gasteiger partial charge in [0.2, 0.25) is 17.7 Å². The number of alkyl carbamates (subject to hydrolysis) is 1. The first kappa shape index (κ1) is 75.4. The van der Waals surface area contributed by atoms with Crippen LogP contribution in [-0.4, -0.2) is 163 Å². The number of piperidine rings is 1. The number of hydrogen-bond acceptors (Lipinski definition) is 18. The quantitative estimate of drug-likeness (QED) is 0.0383. The number of nitrogens with one attached hydrogen (secondary N) is 3. The third-order valence-electron chi connectivity index (χ3n) is 19.6. The van der Waals surface area contributed by atoms with Gasteiger partial charge < -0.3 is 58.9 Å². The molecule has 5 aliphatic heterocycles. The second-order valence-electron chi connectivity index (χ2n) is 26.8. The van der Waals surface area contributed by atoms with Crippen molar-refractivity contribution in [1.82, 2.24) is 30.4 Å². The lowest BCUT2D eigenvalue weighted by atomic mass is 9.83. The third-order valence-corrected chi connectivity index (χ3v) is 22.2. The minimum atomic E-state index is -1.88. The number of carbonyl (C=O) groups is 7. The lowest BCUT2D eigenvalue weighted by molar-refractivity contribution is -0.162. The summed E-state index contributed by atoms with van der Waals surface area (Å²) in [6.45, 7) is 12.3. The minimum Gasteiger partial charge on any atom is -0.495 e. The van der Waals surface area contributed by atoms with Gasteiger partial charge in [0.15, 0.2) is 12.3 Å². The number of likely N-dealkylation sites (N-methyl/N-ethyl adjacent to an activating group) is 1. The van der Waals surface area contributed by atoms with Crippen molar-refractivity contribution in [2.75, 3.05) is 64.8 Å². The Morgan fingerprint density at radius 3 is 2.39 bits per heavy atom. The number of ether oxygens (including phenoxy) is 6. The Labute approximate surface area is 603 Å². The van der Waals surface area contributed by atoms with Crippen LogP contribution in [0, 0.1) is 18.8 Å². The number of hydrogen-bond donors (Lipinski definition) is 4. The Morgan fingerprint density at radius 2 is 1.64 bits per heavy atom. The molecule has 4 N–H and O–H groups in total. The first-order valence-corrected chi connectivity index (χ1v) is 36.7. The molecule has 4 aromatic carbocycles. The van der Waals surface area contributed by atoms with Gasteiger partial charge in [-0.2, -0.15) is 0 Å². The Bertz CT molecular complexity index is 4040. The summed E-state index contributed by atoms with van der Waals surface area (Å²) in [4.78, 5) is 112. The number of nitrogens with zero attached hydrogens (tertiary/aromatic N) is 5. The van der Waals surface area contributed by atoms with Crippen LogP contribution in [-0.2, 0) is 60.8 Å². The summed E-state index contributed by atoms with van der Waals surface area (Å²) in [5, 5.41) is 20.9. The molecule has 10 rings (SSSR count). The number of rotatable bonds is 17. The number of methoxy groups -OCH3 is 2. The molecular formula is C76H91ClN8O14S2. The van der Waals surface area contributed by atoms with E-state index in [4.69, 9.17) is 50.0 Å². The highest BCUT2D eigenvalue weighted by Gasteiger charge is 2.64. The van der Waals surface area contributed by atoms with Gasteiger partial charge >= 0.3 is 12.1 Å². The van der Waals surface area contributed by atoms with Crippen molar-refractivity contribution < 1.29 is 67.1 Å². The summed E-state index contributed by atoms with van der Waals surface area (Å²) in [5.41, 5.74) is 5.04. The number of allylic oxidation sites excluding steroid dienone is 3. The molecule has 0 radical (unpaired) electrons. The molecule has 25 heteroatoms. The number of aromatic nitrogens is 2. The van der Waals surface area contributed by atoms with Crippen molar-refractivity contribution >= 4 is 99.1 Å². The summed E-state index contributed by atoms with van der Waals surface area (Å²) in [6, 6.07) is 29.2. The summed E-state index contributed by atoms with van der Waals surface area (Å²) in [5.74, 6) is -0.846. The number of anilines is 2. The first-order chi connectivity index (χ1) is 48.3. The molecule has 5 aromatic rings. The van der Waals surface area contributed by atoms with Crippen LogP contribution < -0.4 is 30.3 Å². The van der Waals surface area contributed by atoms with E-state index in [2.05, 4.69) is 28.9 Å². The predicted molar refractivity (Wildman–Crippen MR) is 389 cm³/mol. The lowest BCUT2D eigenvalue weighted by Crippen LogP contribution is -2.63. The van der Waals surface area contributed by atoms with E-state index >= 15 is 0 Å². The predicted octanol–water partition coefficient (Wildman–Crippen LogP) is 11.7.